The molecular weight excluding hydrogens is 247 g/mol. The van der Waals surface area contributed by atoms with Crippen LogP contribution in [0.3, 0.4) is 0 Å². The van der Waals surface area contributed by atoms with Gasteiger partial charge in [0.25, 0.3) is 0 Å². The highest BCUT2D eigenvalue weighted by Crippen LogP contribution is 2.15. The van der Waals surface area contributed by atoms with E-state index in [0.29, 0.717) is 25.1 Å². The van der Waals surface area contributed by atoms with Crippen LogP contribution in [0.2, 0.25) is 0 Å². The van der Waals surface area contributed by atoms with Crippen molar-refractivity contribution in [1.82, 2.24) is 10.2 Å². The van der Waals surface area contributed by atoms with E-state index in [1.807, 2.05) is 0 Å². The fourth-order valence-electron chi connectivity index (χ4n) is 2.29. The molecule has 1 amide bonds. The number of amides is 1. The Labute approximate surface area is 112 Å². The molecule has 0 bridgehead atoms. The fourth-order valence-corrected chi connectivity index (χ4v) is 2.29. The van der Waals surface area contributed by atoms with Crippen LogP contribution in [0.4, 0.5) is 4.39 Å². The summed E-state index contributed by atoms with van der Waals surface area (Å²) in [6.45, 7) is 1.00. The number of hydrogen-bond donors (Lipinski definition) is 2. The van der Waals surface area contributed by atoms with Gasteiger partial charge >= 0.3 is 0 Å². The van der Waals surface area contributed by atoms with Gasteiger partial charge in [-0.2, -0.15) is 0 Å². The lowest BCUT2D eigenvalue weighted by Gasteiger charge is -2.30. The van der Waals surface area contributed by atoms with Gasteiger partial charge in [-0.3, -0.25) is 4.79 Å². The Morgan fingerprint density at radius 2 is 2.37 bits per heavy atom. The molecule has 4 nitrogen and oxygen atoms in total. The van der Waals surface area contributed by atoms with Gasteiger partial charge in [0.05, 0.1) is 6.10 Å². The van der Waals surface area contributed by atoms with Crippen LogP contribution < -0.4 is 5.32 Å². The predicted molar refractivity (Wildman–Crippen MR) is 70.0 cm³/mol. The minimum atomic E-state index is -0.737. The highest BCUT2D eigenvalue weighted by Gasteiger charge is 2.23. The van der Waals surface area contributed by atoms with Crippen molar-refractivity contribution in [2.24, 2.45) is 0 Å². The lowest BCUT2D eigenvalue weighted by molar-refractivity contribution is -0.132. The van der Waals surface area contributed by atoms with Gasteiger partial charge in [0.15, 0.2) is 0 Å². The summed E-state index contributed by atoms with van der Waals surface area (Å²) in [7, 11) is 1.78. The number of likely N-dealkylation sites (tertiary alicyclic amines) is 1. The number of likely N-dealkylation sites (N-methyl/N-ethyl adjacent to an activating group) is 1. The molecule has 19 heavy (non-hydrogen) atoms. The first-order chi connectivity index (χ1) is 9.06. The summed E-state index contributed by atoms with van der Waals surface area (Å²) in [6.07, 6.45) is 0.571. The van der Waals surface area contributed by atoms with Gasteiger partial charge in [0, 0.05) is 32.6 Å². The molecule has 1 saturated heterocycles. The Bertz CT molecular complexity index is 453. The average Bonchev–Trinajstić information content (AvgIpc) is 2.40. The van der Waals surface area contributed by atoms with E-state index in [1.54, 1.807) is 24.1 Å². The Morgan fingerprint density at radius 1 is 1.58 bits per heavy atom. The van der Waals surface area contributed by atoms with Gasteiger partial charge in [0.1, 0.15) is 5.82 Å². The van der Waals surface area contributed by atoms with E-state index in [4.69, 9.17) is 0 Å². The molecule has 104 valence electrons. The molecule has 0 aliphatic carbocycles. The normalized spacial score (nSPS) is 21.5. The number of halogens is 1. The van der Waals surface area contributed by atoms with E-state index < -0.39 is 6.10 Å². The number of carbonyl (C=O) groups is 1. The van der Waals surface area contributed by atoms with Crippen molar-refractivity contribution in [2.45, 2.75) is 25.0 Å². The molecule has 1 aromatic rings. The number of benzene rings is 1. The fraction of sp³-hybridized carbons (Fsp3) is 0.500. The zero-order valence-corrected chi connectivity index (χ0v) is 11.0. The van der Waals surface area contributed by atoms with Crippen molar-refractivity contribution in [1.29, 1.82) is 0 Å². The molecule has 0 radical (unpaired) electrons. The van der Waals surface area contributed by atoms with E-state index >= 15 is 0 Å². The molecular formula is C14H19FN2O2. The zero-order chi connectivity index (χ0) is 13.8. The first-order valence-corrected chi connectivity index (χ1v) is 6.47. The Balaban J connectivity index is 1.84. The molecule has 1 aliphatic heterocycles. The van der Waals surface area contributed by atoms with Crippen LogP contribution in [0.5, 0.6) is 0 Å². The van der Waals surface area contributed by atoms with E-state index in [2.05, 4.69) is 5.32 Å². The van der Waals surface area contributed by atoms with Crippen molar-refractivity contribution in [2.75, 3.05) is 20.1 Å². The first kappa shape index (κ1) is 14.0. The summed E-state index contributed by atoms with van der Waals surface area (Å²) in [5.74, 6) is -0.191. The minimum absolute atomic E-state index is 0.156. The SMILES string of the molecule is CN1CC(NCC(O)c2cccc(F)c2)CCC1=O. The summed E-state index contributed by atoms with van der Waals surface area (Å²) < 4.78 is 13.0. The van der Waals surface area contributed by atoms with Crippen LogP contribution in [0, 0.1) is 5.82 Å². The topological polar surface area (TPSA) is 52.6 Å². The largest absolute Gasteiger partial charge is 0.387 e. The number of nitrogens with one attached hydrogen (secondary N) is 1. The van der Waals surface area contributed by atoms with Crippen LogP contribution in [-0.2, 0) is 4.79 Å². The molecule has 0 saturated carbocycles. The number of carbonyl (C=O) groups excluding carboxylic acids is 1. The Hall–Kier alpha value is -1.46. The maximum Gasteiger partial charge on any atom is 0.222 e. The highest BCUT2D eigenvalue weighted by atomic mass is 19.1. The maximum atomic E-state index is 13.0. The number of aliphatic hydroxyl groups is 1. The van der Waals surface area contributed by atoms with Gasteiger partial charge in [-0.25, -0.2) is 4.39 Å². The third kappa shape index (κ3) is 3.75. The van der Waals surface area contributed by atoms with Gasteiger partial charge in [0.2, 0.25) is 5.91 Å². The van der Waals surface area contributed by atoms with Gasteiger partial charge in [-0.05, 0) is 24.1 Å². The van der Waals surface area contributed by atoms with Crippen molar-refractivity contribution in [3.63, 3.8) is 0 Å². The van der Waals surface area contributed by atoms with Crippen LogP contribution >= 0.6 is 0 Å². The van der Waals surface area contributed by atoms with Crippen molar-refractivity contribution in [3.05, 3.63) is 35.6 Å². The second-order valence-corrected chi connectivity index (χ2v) is 4.99. The first-order valence-electron chi connectivity index (χ1n) is 6.47. The highest BCUT2D eigenvalue weighted by molar-refractivity contribution is 5.76. The standard InChI is InChI=1S/C14H19FN2O2/c1-17-9-12(5-6-14(17)19)16-8-13(18)10-3-2-4-11(15)7-10/h2-4,7,12-13,16,18H,5-6,8-9H2,1H3. The van der Waals surface area contributed by atoms with Crippen molar-refractivity contribution < 1.29 is 14.3 Å². The predicted octanol–water partition coefficient (Wildman–Crippen LogP) is 1.07. The van der Waals surface area contributed by atoms with E-state index in [1.165, 1.54) is 12.1 Å². The van der Waals surface area contributed by atoms with Gasteiger partial charge in [-0.1, -0.05) is 12.1 Å². The molecule has 0 spiro atoms. The molecule has 2 atom stereocenters. The van der Waals surface area contributed by atoms with Crippen LogP contribution in [0.15, 0.2) is 24.3 Å². The smallest absolute Gasteiger partial charge is 0.222 e. The third-order valence-corrected chi connectivity index (χ3v) is 3.46. The molecule has 1 heterocycles. The van der Waals surface area contributed by atoms with Gasteiger partial charge < -0.3 is 15.3 Å². The average molecular weight is 266 g/mol. The zero-order valence-electron chi connectivity index (χ0n) is 11.0. The third-order valence-electron chi connectivity index (χ3n) is 3.46. The second kappa shape index (κ2) is 6.12. The summed E-state index contributed by atoms with van der Waals surface area (Å²) in [5, 5.41) is 13.2. The summed E-state index contributed by atoms with van der Waals surface area (Å²) in [5.41, 5.74) is 0.563. The van der Waals surface area contributed by atoms with Crippen LogP contribution in [0.1, 0.15) is 24.5 Å². The molecule has 1 fully saturated rings. The number of hydrogen-bond acceptors (Lipinski definition) is 3. The quantitative estimate of drug-likeness (QED) is 0.857. The Kier molecular flexibility index (Phi) is 4.50. The van der Waals surface area contributed by atoms with E-state index in [0.717, 1.165) is 6.42 Å². The molecule has 2 N–H and O–H groups in total. The number of nitrogens with zero attached hydrogens (tertiary/aromatic N) is 1. The molecule has 2 unspecified atom stereocenters. The van der Waals surface area contributed by atoms with Crippen molar-refractivity contribution >= 4 is 5.91 Å². The monoisotopic (exact) mass is 266 g/mol. The maximum absolute atomic E-state index is 13.0. The number of rotatable bonds is 4. The number of piperidine rings is 1. The summed E-state index contributed by atoms with van der Waals surface area (Å²) in [4.78, 5) is 13.0. The molecule has 2 rings (SSSR count). The van der Waals surface area contributed by atoms with Crippen LogP contribution in [0.25, 0.3) is 0 Å². The van der Waals surface area contributed by atoms with E-state index in [9.17, 15) is 14.3 Å². The molecule has 1 aliphatic rings. The molecule has 0 aromatic heterocycles. The minimum Gasteiger partial charge on any atom is -0.387 e. The summed E-state index contributed by atoms with van der Waals surface area (Å²) >= 11 is 0. The van der Waals surface area contributed by atoms with Crippen molar-refractivity contribution in [3.8, 4) is 0 Å². The van der Waals surface area contributed by atoms with Crippen LogP contribution in [-0.4, -0.2) is 42.1 Å². The summed E-state index contributed by atoms with van der Waals surface area (Å²) in [6, 6.07) is 6.16. The van der Waals surface area contributed by atoms with Gasteiger partial charge in [-0.15, -0.1) is 0 Å². The lowest BCUT2D eigenvalue weighted by Crippen LogP contribution is -2.47. The molecule has 1 aromatic carbocycles. The Morgan fingerprint density at radius 3 is 3.05 bits per heavy atom. The number of aliphatic hydroxyl groups excluding tert-OH is 1. The second-order valence-electron chi connectivity index (χ2n) is 4.99. The molecule has 5 heteroatoms. The van der Waals surface area contributed by atoms with E-state index in [-0.39, 0.29) is 17.8 Å². The lowest BCUT2D eigenvalue weighted by atomic mass is 10.0.